The molecule has 6 aromatic rings. The third-order valence-corrected chi connectivity index (χ3v) is 7.48. The van der Waals surface area contributed by atoms with Crippen LogP contribution >= 0.6 is 0 Å². The van der Waals surface area contributed by atoms with Crippen LogP contribution in [0, 0.1) is 6.92 Å². The summed E-state index contributed by atoms with van der Waals surface area (Å²) in [5.74, 6) is 3.29. The van der Waals surface area contributed by atoms with Gasteiger partial charge >= 0.3 is 0 Å². The summed E-state index contributed by atoms with van der Waals surface area (Å²) in [6.07, 6.45) is 2.62. The number of aromatic nitrogens is 3. The number of rotatable bonds is 13. The van der Waals surface area contributed by atoms with Crippen molar-refractivity contribution in [2.24, 2.45) is 0 Å². The number of nitrogens with one attached hydrogen (secondary N) is 1. The lowest BCUT2D eigenvalue weighted by molar-refractivity contribution is 0.103. The van der Waals surface area contributed by atoms with Gasteiger partial charge in [-0.2, -0.15) is 4.98 Å². The summed E-state index contributed by atoms with van der Waals surface area (Å²) >= 11 is 0. The van der Waals surface area contributed by atoms with Crippen molar-refractivity contribution in [3.05, 3.63) is 143 Å². The van der Waals surface area contributed by atoms with E-state index in [-0.39, 0.29) is 5.78 Å². The highest BCUT2D eigenvalue weighted by molar-refractivity contribution is 6.12. The van der Waals surface area contributed by atoms with Crippen molar-refractivity contribution in [3.8, 4) is 17.2 Å². The van der Waals surface area contributed by atoms with Crippen LogP contribution in [0.3, 0.4) is 0 Å². The van der Waals surface area contributed by atoms with Gasteiger partial charge in [0.1, 0.15) is 11.5 Å². The molecule has 0 bridgehead atoms. The van der Waals surface area contributed by atoms with Gasteiger partial charge in [-0.05, 0) is 55.3 Å². The number of nitrogens with zero attached hydrogens (tertiary/aromatic N) is 3. The molecule has 2 heterocycles. The zero-order valence-corrected chi connectivity index (χ0v) is 25.3. The maximum atomic E-state index is 13.5. The fraction of sp³-hybridized carbons (Fsp3) is 0.189. The molecule has 0 aliphatic carbocycles. The average Bonchev–Trinajstić information content (AvgIpc) is 3.71. The smallest absolute Gasteiger partial charge is 0.226 e. The maximum absolute atomic E-state index is 13.5. The number of carbonyl (C=O) groups is 1. The van der Waals surface area contributed by atoms with E-state index in [9.17, 15) is 4.79 Å². The highest BCUT2D eigenvalue weighted by Crippen LogP contribution is 2.32. The Hall–Kier alpha value is -5.50. The summed E-state index contributed by atoms with van der Waals surface area (Å²) in [6.45, 7) is 4.31. The first kappa shape index (κ1) is 29.6. The van der Waals surface area contributed by atoms with Gasteiger partial charge in [0.05, 0.1) is 18.0 Å². The minimum atomic E-state index is -0.0591. The lowest BCUT2D eigenvalue weighted by Gasteiger charge is -2.17. The molecule has 2 aromatic heterocycles. The summed E-state index contributed by atoms with van der Waals surface area (Å²) in [5.41, 5.74) is 5.49. The summed E-state index contributed by atoms with van der Waals surface area (Å²) in [4.78, 5) is 22.6. The number of aryl methyl sites for hydroxylation is 4. The van der Waals surface area contributed by atoms with Crippen LogP contribution in [0.1, 0.15) is 51.6 Å². The van der Waals surface area contributed by atoms with Gasteiger partial charge in [-0.15, -0.1) is 0 Å². The lowest BCUT2D eigenvalue weighted by atomic mass is 10.0. The predicted octanol–water partition coefficient (Wildman–Crippen LogP) is 7.98. The zero-order chi connectivity index (χ0) is 31.0. The molecule has 8 nitrogen and oxygen atoms in total. The topological polar surface area (TPSA) is 103 Å². The van der Waals surface area contributed by atoms with Crippen LogP contribution in [0.25, 0.3) is 11.5 Å². The van der Waals surface area contributed by atoms with Gasteiger partial charge in [-0.25, -0.2) is 4.98 Å². The highest BCUT2D eigenvalue weighted by atomic mass is 16.5. The Kier molecular flexibility index (Phi) is 9.11. The first-order valence-corrected chi connectivity index (χ1v) is 15.1. The Labute approximate surface area is 262 Å². The van der Waals surface area contributed by atoms with Crippen molar-refractivity contribution in [1.29, 1.82) is 0 Å². The minimum absolute atomic E-state index is 0.0591. The maximum Gasteiger partial charge on any atom is 0.226 e. The van der Waals surface area contributed by atoms with E-state index >= 15 is 0 Å². The molecule has 0 spiro atoms. The van der Waals surface area contributed by atoms with E-state index in [1.807, 2.05) is 117 Å². The highest BCUT2D eigenvalue weighted by Gasteiger charge is 2.17. The van der Waals surface area contributed by atoms with Gasteiger partial charge in [0, 0.05) is 41.6 Å². The van der Waals surface area contributed by atoms with E-state index in [0.29, 0.717) is 66.0 Å². The second-order valence-electron chi connectivity index (χ2n) is 10.6. The van der Waals surface area contributed by atoms with Crippen LogP contribution in [-0.2, 0) is 25.7 Å². The quantitative estimate of drug-likeness (QED) is 0.134. The Morgan fingerprint density at radius 1 is 0.822 bits per heavy atom. The molecule has 0 saturated carbocycles. The Morgan fingerprint density at radius 2 is 1.58 bits per heavy atom. The molecule has 0 amide bonds. The lowest BCUT2D eigenvalue weighted by Crippen LogP contribution is -2.08. The van der Waals surface area contributed by atoms with Crippen molar-refractivity contribution in [3.63, 3.8) is 0 Å². The SMILES string of the molecule is CCc1noc(CCc2ccc(OCCc3nc(-c4ccccc4)oc3C)c(Nc3ccccc3C(=O)c3ccccc3)c2)n1. The van der Waals surface area contributed by atoms with E-state index in [1.165, 1.54) is 0 Å². The van der Waals surface area contributed by atoms with Crippen LogP contribution in [-0.4, -0.2) is 27.5 Å². The molecule has 0 unspecified atom stereocenters. The second-order valence-corrected chi connectivity index (χ2v) is 10.6. The average molecular weight is 599 g/mol. The summed E-state index contributed by atoms with van der Waals surface area (Å²) in [6, 6.07) is 32.7. The number of anilines is 2. The van der Waals surface area contributed by atoms with Gasteiger partial charge in [-0.1, -0.05) is 78.8 Å². The molecule has 4 aromatic carbocycles. The van der Waals surface area contributed by atoms with E-state index in [2.05, 4.69) is 15.5 Å². The van der Waals surface area contributed by atoms with E-state index in [1.54, 1.807) is 0 Å². The Morgan fingerprint density at radius 3 is 2.36 bits per heavy atom. The van der Waals surface area contributed by atoms with Crippen molar-refractivity contribution < 1.29 is 18.5 Å². The number of carbonyl (C=O) groups excluding carboxylic acids is 1. The molecule has 6 rings (SSSR count). The standard InChI is InChI=1S/C37H34N4O4/c1-3-34-40-35(45-41-34)21-19-26-18-20-33(43-23-22-30-25(2)44-37(39-30)28-14-8-5-9-15-28)32(24-26)38-31-17-11-10-16-29(31)36(42)27-12-6-4-7-13-27/h4-18,20,24,38H,3,19,21-23H2,1-2H3. The number of ketones is 1. The third-order valence-electron chi connectivity index (χ3n) is 7.48. The molecular formula is C37H34N4O4. The van der Waals surface area contributed by atoms with Crippen LogP contribution < -0.4 is 10.1 Å². The van der Waals surface area contributed by atoms with Crippen molar-refractivity contribution >= 4 is 17.2 Å². The van der Waals surface area contributed by atoms with Gasteiger partial charge < -0.3 is 19.0 Å². The molecule has 1 N–H and O–H groups in total. The Bertz CT molecular complexity index is 1880. The largest absolute Gasteiger partial charge is 0.491 e. The number of benzene rings is 4. The summed E-state index contributed by atoms with van der Waals surface area (Å²) in [5, 5.41) is 7.50. The number of oxazole rings is 1. The molecule has 0 fully saturated rings. The molecular weight excluding hydrogens is 564 g/mol. The van der Waals surface area contributed by atoms with Crippen molar-refractivity contribution in [2.45, 2.75) is 39.5 Å². The van der Waals surface area contributed by atoms with Gasteiger partial charge in [0.25, 0.3) is 0 Å². The van der Waals surface area contributed by atoms with E-state index < -0.39 is 0 Å². The minimum Gasteiger partial charge on any atom is -0.491 e. The van der Waals surface area contributed by atoms with Gasteiger partial charge in [0.15, 0.2) is 11.6 Å². The summed E-state index contributed by atoms with van der Waals surface area (Å²) in [7, 11) is 0. The van der Waals surface area contributed by atoms with E-state index in [0.717, 1.165) is 34.7 Å². The zero-order valence-electron chi connectivity index (χ0n) is 25.3. The van der Waals surface area contributed by atoms with Crippen LogP contribution in [0.5, 0.6) is 5.75 Å². The number of para-hydroxylation sites is 1. The first-order chi connectivity index (χ1) is 22.1. The normalized spacial score (nSPS) is 11.0. The van der Waals surface area contributed by atoms with Crippen molar-refractivity contribution in [1.82, 2.24) is 15.1 Å². The molecule has 0 aliphatic heterocycles. The fourth-order valence-corrected chi connectivity index (χ4v) is 5.04. The molecule has 8 heteroatoms. The molecule has 45 heavy (non-hydrogen) atoms. The van der Waals surface area contributed by atoms with Gasteiger partial charge in [-0.3, -0.25) is 4.79 Å². The molecule has 0 atom stereocenters. The molecule has 0 aliphatic rings. The molecule has 226 valence electrons. The molecule has 0 radical (unpaired) electrons. The number of ether oxygens (including phenoxy) is 1. The first-order valence-electron chi connectivity index (χ1n) is 15.1. The van der Waals surface area contributed by atoms with Crippen LogP contribution in [0.15, 0.2) is 112 Å². The Balaban J connectivity index is 1.23. The summed E-state index contributed by atoms with van der Waals surface area (Å²) < 4.78 is 17.7. The fourth-order valence-electron chi connectivity index (χ4n) is 5.04. The third kappa shape index (κ3) is 7.18. The van der Waals surface area contributed by atoms with Crippen LogP contribution in [0.4, 0.5) is 11.4 Å². The van der Waals surface area contributed by atoms with Crippen molar-refractivity contribution in [2.75, 3.05) is 11.9 Å². The van der Waals surface area contributed by atoms with Gasteiger partial charge in [0.2, 0.25) is 11.8 Å². The van der Waals surface area contributed by atoms with Crippen LogP contribution in [0.2, 0.25) is 0 Å². The second kappa shape index (κ2) is 13.9. The number of hydrogen-bond acceptors (Lipinski definition) is 8. The number of hydrogen-bond donors (Lipinski definition) is 1. The van der Waals surface area contributed by atoms with E-state index in [4.69, 9.17) is 18.7 Å². The molecule has 0 saturated heterocycles. The monoisotopic (exact) mass is 598 g/mol. The predicted molar refractivity (Wildman–Crippen MR) is 173 cm³/mol.